The Kier molecular flexibility index (Phi) is 5.53. The van der Waals surface area contributed by atoms with Crippen LogP contribution in [0.2, 0.25) is 0 Å². The average molecular weight is 373 g/mol. The topological polar surface area (TPSA) is 82.4 Å². The summed E-state index contributed by atoms with van der Waals surface area (Å²) in [4.78, 5) is 25.0. The number of carbonyl (C=O) groups is 2. The van der Waals surface area contributed by atoms with Gasteiger partial charge >= 0.3 is 5.97 Å². The van der Waals surface area contributed by atoms with Gasteiger partial charge < -0.3 is 14.2 Å². The monoisotopic (exact) mass is 373 g/mol. The van der Waals surface area contributed by atoms with Gasteiger partial charge in [-0.15, -0.1) is 0 Å². The summed E-state index contributed by atoms with van der Waals surface area (Å²) in [6, 6.07) is 10.3. The van der Waals surface area contributed by atoms with E-state index >= 15 is 0 Å². The standard InChI is InChI=1S/C20H23NO4S/c1-13(2)12-26(25)15-7-5-14(6-8-15)19(22)18-10-9-17-16(20(23)24)4-3-11-21(17)18/h5-10,13,16H,3-4,11-12H2,1-2H3,(H,23,24). The van der Waals surface area contributed by atoms with Gasteiger partial charge in [0.1, 0.15) is 5.75 Å². The van der Waals surface area contributed by atoms with E-state index in [1.165, 1.54) is 0 Å². The number of hydrogen-bond donors (Lipinski definition) is 1. The molecule has 2 unspecified atom stereocenters. The first kappa shape index (κ1) is 18.7. The van der Waals surface area contributed by atoms with Crippen LogP contribution in [0.25, 0.3) is 0 Å². The Balaban J connectivity index is 1.83. The number of ketones is 1. The number of nitrogens with zero attached hydrogens (tertiary/aromatic N) is 1. The summed E-state index contributed by atoms with van der Waals surface area (Å²) >= 11 is -1.07. The van der Waals surface area contributed by atoms with E-state index in [1.807, 2.05) is 18.4 Å². The minimum atomic E-state index is -1.07. The van der Waals surface area contributed by atoms with E-state index < -0.39 is 23.1 Å². The van der Waals surface area contributed by atoms with Crippen molar-refractivity contribution in [3.8, 4) is 0 Å². The van der Waals surface area contributed by atoms with Crippen LogP contribution >= 0.6 is 0 Å². The fourth-order valence-corrected chi connectivity index (χ4v) is 4.63. The summed E-state index contributed by atoms with van der Waals surface area (Å²) in [5, 5.41) is 9.37. The predicted molar refractivity (Wildman–Crippen MR) is 100 cm³/mol. The highest BCUT2D eigenvalue weighted by molar-refractivity contribution is 7.91. The van der Waals surface area contributed by atoms with E-state index in [0.717, 1.165) is 11.3 Å². The summed E-state index contributed by atoms with van der Waals surface area (Å²) in [6.45, 7) is 4.70. The molecule has 2 aromatic rings. The highest BCUT2D eigenvalue weighted by Gasteiger charge is 2.29. The van der Waals surface area contributed by atoms with E-state index in [4.69, 9.17) is 0 Å². The molecule has 0 spiro atoms. The van der Waals surface area contributed by atoms with Gasteiger partial charge in [0, 0.05) is 17.8 Å². The molecule has 1 aliphatic heterocycles. The number of carboxylic acids is 1. The van der Waals surface area contributed by atoms with Crippen LogP contribution < -0.4 is 0 Å². The lowest BCUT2D eigenvalue weighted by molar-refractivity contribution is -0.139. The lowest BCUT2D eigenvalue weighted by atomic mass is 9.96. The Hall–Kier alpha value is -2.05. The van der Waals surface area contributed by atoms with Gasteiger partial charge in [-0.2, -0.15) is 0 Å². The first-order chi connectivity index (χ1) is 12.4. The van der Waals surface area contributed by atoms with E-state index in [2.05, 4.69) is 0 Å². The first-order valence-corrected chi connectivity index (χ1v) is 10.2. The predicted octanol–water partition coefficient (Wildman–Crippen LogP) is 3.44. The molecule has 0 radical (unpaired) electrons. The van der Waals surface area contributed by atoms with Crippen LogP contribution in [0.15, 0.2) is 41.3 Å². The molecule has 5 nitrogen and oxygen atoms in total. The highest BCUT2D eigenvalue weighted by atomic mass is 32.2. The second-order valence-electron chi connectivity index (χ2n) is 7.09. The molecule has 3 rings (SSSR count). The third-order valence-corrected chi connectivity index (χ3v) is 6.41. The van der Waals surface area contributed by atoms with Gasteiger partial charge in [0.25, 0.3) is 0 Å². The van der Waals surface area contributed by atoms with Crippen LogP contribution in [0.3, 0.4) is 0 Å². The van der Waals surface area contributed by atoms with Crippen molar-refractivity contribution in [3.63, 3.8) is 0 Å². The van der Waals surface area contributed by atoms with Gasteiger partial charge in [-0.05, 0) is 66.3 Å². The molecular weight excluding hydrogens is 350 g/mol. The van der Waals surface area contributed by atoms with Crippen LogP contribution in [0.5, 0.6) is 0 Å². The van der Waals surface area contributed by atoms with Crippen molar-refractivity contribution in [1.29, 1.82) is 0 Å². The van der Waals surface area contributed by atoms with Crippen LogP contribution in [0.4, 0.5) is 0 Å². The molecule has 0 fully saturated rings. The molecule has 0 saturated carbocycles. The van der Waals surface area contributed by atoms with E-state index in [-0.39, 0.29) is 5.78 Å². The molecule has 2 heterocycles. The maximum Gasteiger partial charge on any atom is 0.312 e. The second-order valence-corrected chi connectivity index (χ2v) is 8.58. The zero-order valence-corrected chi connectivity index (χ0v) is 15.8. The average Bonchev–Trinajstić information content (AvgIpc) is 3.04. The Labute approximate surface area is 156 Å². The molecule has 0 aliphatic carbocycles. The summed E-state index contributed by atoms with van der Waals surface area (Å²) in [6.07, 6.45) is 1.34. The van der Waals surface area contributed by atoms with Crippen molar-refractivity contribution < 1.29 is 19.2 Å². The van der Waals surface area contributed by atoms with E-state index in [9.17, 15) is 19.2 Å². The Morgan fingerprint density at radius 2 is 1.92 bits per heavy atom. The number of benzene rings is 1. The van der Waals surface area contributed by atoms with Crippen molar-refractivity contribution in [2.24, 2.45) is 5.92 Å². The fraction of sp³-hybridized carbons (Fsp3) is 0.400. The van der Waals surface area contributed by atoms with Gasteiger partial charge in [0.05, 0.1) is 11.6 Å². The van der Waals surface area contributed by atoms with Crippen molar-refractivity contribution in [2.45, 2.75) is 44.0 Å². The minimum Gasteiger partial charge on any atom is -0.611 e. The van der Waals surface area contributed by atoms with E-state index in [0.29, 0.717) is 41.6 Å². The van der Waals surface area contributed by atoms with Gasteiger partial charge in [0.15, 0.2) is 4.90 Å². The van der Waals surface area contributed by atoms with Gasteiger partial charge in [-0.3, -0.25) is 9.59 Å². The molecule has 1 aromatic carbocycles. The fourth-order valence-electron chi connectivity index (χ4n) is 3.39. The number of carbonyl (C=O) groups excluding carboxylic acids is 1. The Bertz CT molecular complexity index is 810. The number of hydrogen-bond acceptors (Lipinski definition) is 3. The molecule has 0 saturated heterocycles. The molecule has 2 atom stereocenters. The van der Waals surface area contributed by atoms with Crippen LogP contribution in [0, 0.1) is 5.92 Å². The number of fused-ring (bicyclic) bond motifs is 1. The summed E-state index contributed by atoms with van der Waals surface area (Å²) in [7, 11) is 0. The molecule has 138 valence electrons. The molecule has 6 heteroatoms. The summed E-state index contributed by atoms with van der Waals surface area (Å²) in [5.74, 6) is -0.600. The van der Waals surface area contributed by atoms with Gasteiger partial charge in [-0.1, -0.05) is 13.8 Å². The quantitative estimate of drug-likeness (QED) is 0.621. The molecule has 1 aliphatic rings. The second kappa shape index (κ2) is 7.68. The lowest BCUT2D eigenvalue weighted by Crippen LogP contribution is -2.23. The third kappa shape index (κ3) is 3.71. The van der Waals surface area contributed by atoms with Crippen molar-refractivity contribution in [2.75, 3.05) is 5.75 Å². The zero-order valence-electron chi connectivity index (χ0n) is 15.0. The van der Waals surface area contributed by atoms with Gasteiger partial charge in [-0.25, -0.2) is 0 Å². The Morgan fingerprint density at radius 1 is 1.23 bits per heavy atom. The molecule has 26 heavy (non-hydrogen) atoms. The van der Waals surface area contributed by atoms with Crippen molar-refractivity contribution in [3.05, 3.63) is 53.3 Å². The lowest BCUT2D eigenvalue weighted by Gasteiger charge is -2.23. The smallest absolute Gasteiger partial charge is 0.312 e. The van der Waals surface area contributed by atoms with Crippen LogP contribution in [-0.2, 0) is 22.5 Å². The largest absolute Gasteiger partial charge is 0.611 e. The minimum absolute atomic E-state index is 0.136. The molecule has 1 aromatic heterocycles. The Morgan fingerprint density at radius 3 is 2.54 bits per heavy atom. The normalized spacial score (nSPS) is 17.8. The SMILES string of the molecule is CC(C)C[S+]([O-])c1ccc(C(=O)c2ccc3n2CCCC3C(=O)O)cc1. The van der Waals surface area contributed by atoms with Crippen molar-refractivity contribution >= 4 is 22.9 Å². The highest BCUT2D eigenvalue weighted by Crippen LogP contribution is 2.30. The maximum atomic E-state index is 12.9. The van der Waals surface area contributed by atoms with Crippen LogP contribution in [0.1, 0.15) is 54.4 Å². The maximum absolute atomic E-state index is 12.9. The summed E-state index contributed by atoms with van der Waals surface area (Å²) < 4.78 is 14.1. The van der Waals surface area contributed by atoms with Gasteiger partial charge in [0.2, 0.25) is 5.78 Å². The van der Waals surface area contributed by atoms with E-state index in [1.54, 1.807) is 36.4 Å². The number of rotatable bonds is 6. The molecular formula is C20H23NO4S. The third-order valence-electron chi connectivity index (χ3n) is 4.64. The molecule has 0 bridgehead atoms. The van der Waals surface area contributed by atoms with Crippen LogP contribution in [-0.4, -0.2) is 31.7 Å². The number of aliphatic carboxylic acids is 1. The zero-order chi connectivity index (χ0) is 18.8. The van der Waals surface area contributed by atoms with Crippen molar-refractivity contribution in [1.82, 2.24) is 4.57 Å². The summed E-state index contributed by atoms with van der Waals surface area (Å²) in [5.41, 5.74) is 1.73. The first-order valence-electron chi connectivity index (χ1n) is 8.84. The molecule has 0 amide bonds. The molecule has 1 N–H and O–H groups in total. The number of aromatic nitrogens is 1. The number of carboxylic acid groups (broad SMARTS) is 1.